The van der Waals surface area contributed by atoms with E-state index in [1.54, 1.807) is 13.1 Å². The second-order valence-corrected chi connectivity index (χ2v) is 4.65. The Hall–Kier alpha value is -1.65. The third kappa shape index (κ3) is 2.97. The first-order chi connectivity index (χ1) is 8.70. The van der Waals surface area contributed by atoms with E-state index in [0.29, 0.717) is 12.5 Å². The maximum absolute atomic E-state index is 11.6. The molecule has 0 bridgehead atoms. The molecule has 2 rings (SSSR count). The number of esters is 1. The lowest BCUT2D eigenvalue weighted by Gasteiger charge is -2.31. The summed E-state index contributed by atoms with van der Waals surface area (Å²) in [5.74, 6) is 1.18. The number of hydrogen-bond donors (Lipinski definition) is 0. The van der Waals surface area contributed by atoms with Crippen molar-refractivity contribution in [3.63, 3.8) is 0 Å². The molecule has 2 heterocycles. The van der Waals surface area contributed by atoms with E-state index < -0.39 is 5.97 Å². The molecule has 1 aromatic heterocycles. The molecular weight excluding hydrogens is 230 g/mol. The monoisotopic (exact) mass is 249 g/mol. The average Bonchev–Trinajstić information content (AvgIpc) is 2.39. The van der Waals surface area contributed by atoms with Crippen molar-refractivity contribution in [3.8, 4) is 0 Å². The second kappa shape index (κ2) is 5.80. The minimum absolute atomic E-state index is 0.146. The van der Waals surface area contributed by atoms with Crippen molar-refractivity contribution >= 4 is 11.8 Å². The summed E-state index contributed by atoms with van der Waals surface area (Å²) in [5.41, 5.74) is 0. The molecule has 1 aliphatic rings. The number of piperidine rings is 1. The van der Waals surface area contributed by atoms with Crippen LogP contribution in [0.2, 0.25) is 0 Å². The Kier molecular flexibility index (Phi) is 4.12. The topological polar surface area (TPSA) is 55.3 Å². The van der Waals surface area contributed by atoms with E-state index in [0.717, 1.165) is 18.9 Å². The van der Waals surface area contributed by atoms with Gasteiger partial charge in [-0.15, -0.1) is 0 Å². The molecule has 0 N–H and O–H groups in total. The van der Waals surface area contributed by atoms with Gasteiger partial charge < -0.3 is 9.64 Å². The lowest BCUT2D eigenvalue weighted by atomic mass is 10.0. The van der Waals surface area contributed by atoms with Gasteiger partial charge in [-0.3, -0.25) is 0 Å². The zero-order chi connectivity index (χ0) is 13.0. The van der Waals surface area contributed by atoms with Crippen LogP contribution in [0, 0.1) is 5.92 Å². The van der Waals surface area contributed by atoms with Gasteiger partial charge in [-0.05, 0) is 31.7 Å². The first kappa shape index (κ1) is 12.8. The van der Waals surface area contributed by atoms with Gasteiger partial charge in [0.2, 0.25) is 5.82 Å². The van der Waals surface area contributed by atoms with Gasteiger partial charge in [0, 0.05) is 19.3 Å². The molecule has 5 heteroatoms. The average molecular weight is 249 g/mol. The Labute approximate surface area is 107 Å². The van der Waals surface area contributed by atoms with Crippen LogP contribution >= 0.6 is 0 Å². The quantitative estimate of drug-likeness (QED) is 0.766. The second-order valence-electron chi connectivity index (χ2n) is 4.65. The van der Waals surface area contributed by atoms with E-state index in [1.807, 2.05) is 6.07 Å². The van der Waals surface area contributed by atoms with Gasteiger partial charge >= 0.3 is 5.97 Å². The van der Waals surface area contributed by atoms with Gasteiger partial charge in [0.1, 0.15) is 5.82 Å². The molecule has 1 atom stereocenters. The highest BCUT2D eigenvalue weighted by atomic mass is 16.5. The zero-order valence-corrected chi connectivity index (χ0v) is 10.9. The predicted molar refractivity (Wildman–Crippen MR) is 68.6 cm³/mol. The lowest BCUT2D eigenvalue weighted by Crippen LogP contribution is -2.35. The van der Waals surface area contributed by atoms with Crippen molar-refractivity contribution in [1.29, 1.82) is 0 Å². The predicted octanol–water partition coefficient (Wildman–Crippen LogP) is 1.89. The summed E-state index contributed by atoms with van der Waals surface area (Å²) < 4.78 is 4.91. The summed E-state index contributed by atoms with van der Waals surface area (Å²) >= 11 is 0. The molecule has 1 fully saturated rings. The van der Waals surface area contributed by atoms with Crippen LogP contribution in [0.1, 0.15) is 37.3 Å². The maximum Gasteiger partial charge on any atom is 0.376 e. The summed E-state index contributed by atoms with van der Waals surface area (Å²) in [7, 11) is 0. The molecule has 0 aromatic carbocycles. The fraction of sp³-hybridized carbons (Fsp3) is 0.615. The van der Waals surface area contributed by atoms with E-state index in [2.05, 4.69) is 21.8 Å². The molecule has 98 valence electrons. The highest BCUT2D eigenvalue weighted by Crippen LogP contribution is 2.20. The van der Waals surface area contributed by atoms with Gasteiger partial charge in [-0.1, -0.05) is 6.92 Å². The summed E-state index contributed by atoms with van der Waals surface area (Å²) in [5, 5.41) is 0. The van der Waals surface area contributed by atoms with Crippen LogP contribution in [0.25, 0.3) is 0 Å². The number of anilines is 1. The van der Waals surface area contributed by atoms with E-state index in [1.165, 1.54) is 12.8 Å². The lowest BCUT2D eigenvalue weighted by molar-refractivity contribution is 0.0512. The fourth-order valence-corrected chi connectivity index (χ4v) is 2.22. The number of rotatable bonds is 3. The number of nitrogens with zero attached hydrogens (tertiary/aromatic N) is 3. The molecule has 1 saturated heterocycles. The van der Waals surface area contributed by atoms with Crippen molar-refractivity contribution < 1.29 is 9.53 Å². The number of ether oxygens (including phenoxy) is 1. The molecule has 1 aromatic rings. The third-order valence-corrected chi connectivity index (χ3v) is 3.08. The van der Waals surface area contributed by atoms with Gasteiger partial charge in [0.25, 0.3) is 0 Å². The Morgan fingerprint density at radius 3 is 3.17 bits per heavy atom. The van der Waals surface area contributed by atoms with E-state index in [9.17, 15) is 4.79 Å². The minimum atomic E-state index is -0.454. The molecular formula is C13H19N3O2. The van der Waals surface area contributed by atoms with E-state index >= 15 is 0 Å². The molecule has 0 saturated carbocycles. The largest absolute Gasteiger partial charge is 0.460 e. The Morgan fingerprint density at radius 2 is 2.44 bits per heavy atom. The minimum Gasteiger partial charge on any atom is -0.460 e. The van der Waals surface area contributed by atoms with E-state index in [4.69, 9.17) is 4.74 Å². The van der Waals surface area contributed by atoms with Crippen LogP contribution in [0.4, 0.5) is 5.82 Å². The van der Waals surface area contributed by atoms with Crippen LogP contribution < -0.4 is 4.90 Å². The van der Waals surface area contributed by atoms with Gasteiger partial charge in [-0.25, -0.2) is 14.8 Å². The summed E-state index contributed by atoms with van der Waals surface area (Å²) in [6.45, 7) is 6.32. The number of aromatic nitrogens is 2. The summed E-state index contributed by atoms with van der Waals surface area (Å²) in [6.07, 6.45) is 4.04. The molecule has 1 aliphatic heterocycles. The van der Waals surface area contributed by atoms with E-state index in [-0.39, 0.29) is 5.82 Å². The summed E-state index contributed by atoms with van der Waals surface area (Å²) in [6, 6.07) is 1.85. The van der Waals surface area contributed by atoms with Crippen molar-refractivity contribution in [2.45, 2.75) is 26.7 Å². The first-order valence-corrected chi connectivity index (χ1v) is 6.45. The Balaban J connectivity index is 2.13. The SMILES string of the molecule is CCOC(=O)c1nccc(N2CCCC(C)C2)n1. The van der Waals surface area contributed by atoms with Crippen LogP contribution in [0.15, 0.2) is 12.3 Å². The smallest absolute Gasteiger partial charge is 0.376 e. The highest BCUT2D eigenvalue weighted by Gasteiger charge is 2.19. The number of carbonyl (C=O) groups is 1. The Bertz CT molecular complexity index is 422. The van der Waals surface area contributed by atoms with Crippen molar-refractivity contribution in [2.75, 3.05) is 24.6 Å². The first-order valence-electron chi connectivity index (χ1n) is 6.45. The number of carbonyl (C=O) groups excluding carboxylic acids is 1. The number of hydrogen-bond acceptors (Lipinski definition) is 5. The molecule has 0 aliphatic carbocycles. The highest BCUT2D eigenvalue weighted by molar-refractivity contribution is 5.85. The summed E-state index contributed by atoms with van der Waals surface area (Å²) in [4.78, 5) is 22.0. The van der Waals surface area contributed by atoms with Crippen LogP contribution in [-0.2, 0) is 4.74 Å². The van der Waals surface area contributed by atoms with Crippen LogP contribution in [-0.4, -0.2) is 35.6 Å². The molecule has 1 unspecified atom stereocenters. The van der Waals surface area contributed by atoms with Gasteiger partial charge in [0.15, 0.2) is 0 Å². The molecule has 0 spiro atoms. The third-order valence-electron chi connectivity index (χ3n) is 3.08. The van der Waals surface area contributed by atoms with Gasteiger partial charge in [0.05, 0.1) is 6.61 Å². The van der Waals surface area contributed by atoms with Crippen LogP contribution in [0.5, 0.6) is 0 Å². The van der Waals surface area contributed by atoms with Crippen molar-refractivity contribution in [2.24, 2.45) is 5.92 Å². The fourth-order valence-electron chi connectivity index (χ4n) is 2.22. The van der Waals surface area contributed by atoms with Crippen molar-refractivity contribution in [3.05, 3.63) is 18.1 Å². The zero-order valence-electron chi connectivity index (χ0n) is 10.9. The standard InChI is InChI=1S/C13H19N3O2/c1-3-18-13(17)12-14-7-6-11(15-12)16-8-4-5-10(2)9-16/h6-7,10H,3-5,8-9H2,1-2H3. The molecule has 0 amide bonds. The van der Waals surface area contributed by atoms with Crippen molar-refractivity contribution in [1.82, 2.24) is 9.97 Å². The molecule has 0 radical (unpaired) electrons. The van der Waals surface area contributed by atoms with Crippen LogP contribution in [0.3, 0.4) is 0 Å². The van der Waals surface area contributed by atoms with Gasteiger partial charge in [-0.2, -0.15) is 0 Å². The maximum atomic E-state index is 11.6. The molecule has 5 nitrogen and oxygen atoms in total. The Morgan fingerprint density at radius 1 is 1.61 bits per heavy atom. The normalized spacial score (nSPS) is 19.7. The molecule has 18 heavy (non-hydrogen) atoms.